The number of amides is 1. The first-order valence-electron chi connectivity index (χ1n) is 8.95. The Balaban J connectivity index is 2.33. The minimum Gasteiger partial charge on any atom is -0.326 e. The summed E-state index contributed by atoms with van der Waals surface area (Å²) in [5.74, 6) is -0.0186. The zero-order chi connectivity index (χ0) is 18.8. The second kappa shape index (κ2) is 7.29. The fraction of sp³-hybridized carbons (Fsp3) is 0.238. The summed E-state index contributed by atoms with van der Waals surface area (Å²) in [5.41, 5.74) is 2.71. The number of fused-ring (bicyclic) bond motifs is 1. The molecule has 0 unspecified atom stereocenters. The smallest absolute Gasteiger partial charge is 0.258 e. The van der Waals surface area contributed by atoms with E-state index in [1.165, 1.54) is 5.19 Å². The summed E-state index contributed by atoms with van der Waals surface area (Å²) in [7, 11) is 0.758. The van der Waals surface area contributed by atoms with E-state index in [9.17, 15) is 9.59 Å². The lowest BCUT2D eigenvalue weighted by Gasteiger charge is -2.17. The molecular formula is C21H24N2O2Si. The van der Waals surface area contributed by atoms with Crippen LogP contribution in [0.25, 0.3) is 21.9 Å². The molecule has 3 rings (SSSR count). The molecular weight excluding hydrogens is 340 g/mol. The summed E-state index contributed by atoms with van der Waals surface area (Å²) in [6.45, 7) is 6.40. The fourth-order valence-corrected chi connectivity index (χ4v) is 4.10. The van der Waals surface area contributed by atoms with Crippen LogP contribution in [0.15, 0.2) is 53.5 Å². The highest BCUT2D eigenvalue weighted by atomic mass is 28.3. The maximum atomic E-state index is 12.5. The number of rotatable bonds is 4. The molecule has 1 aromatic heterocycles. The van der Waals surface area contributed by atoms with Gasteiger partial charge in [0.2, 0.25) is 5.91 Å². The van der Waals surface area contributed by atoms with Crippen molar-refractivity contribution in [3.63, 3.8) is 0 Å². The quantitative estimate of drug-likeness (QED) is 0.723. The number of nitrogens with one attached hydrogen (secondary N) is 1. The van der Waals surface area contributed by atoms with Gasteiger partial charge in [0.1, 0.15) is 0 Å². The molecule has 5 heteroatoms. The van der Waals surface area contributed by atoms with Crippen molar-refractivity contribution < 1.29 is 4.79 Å². The van der Waals surface area contributed by atoms with Crippen LogP contribution < -0.4 is 16.1 Å². The topological polar surface area (TPSA) is 51.1 Å². The third kappa shape index (κ3) is 3.35. The van der Waals surface area contributed by atoms with Gasteiger partial charge in [0, 0.05) is 41.9 Å². The predicted molar refractivity (Wildman–Crippen MR) is 112 cm³/mol. The van der Waals surface area contributed by atoms with Crippen LogP contribution in [0.2, 0.25) is 13.1 Å². The van der Waals surface area contributed by atoms with E-state index < -0.39 is 8.80 Å². The molecule has 3 aromatic rings. The molecule has 0 radical (unpaired) electrons. The number of nitrogens with zero attached hydrogens (tertiary/aromatic N) is 1. The molecule has 4 nitrogen and oxygen atoms in total. The molecule has 134 valence electrons. The number of hydrogen-bond donors (Lipinski definition) is 1. The minimum atomic E-state index is -1.01. The lowest BCUT2D eigenvalue weighted by molar-refractivity contribution is -0.115. The molecule has 26 heavy (non-hydrogen) atoms. The van der Waals surface area contributed by atoms with Gasteiger partial charge in [-0.15, -0.1) is 0 Å². The Morgan fingerprint density at radius 2 is 1.77 bits per heavy atom. The summed E-state index contributed by atoms with van der Waals surface area (Å²) in [6, 6.07) is 13.9. The van der Waals surface area contributed by atoms with E-state index in [1.807, 2.05) is 43.5 Å². The van der Waals surface area contributed by atoms with E-state index in [1.54, 1.807) is 11.6 Å². The molecule has 1 N–H and O–H groups in total. The number of carbonyl (C=O) groups is 1. The van der Waals surface area contributed by atoms with Crippen LogP contribution in [-0.4, -0.2) is 19.3 Å². The van der Waals surface area contributed by atoms with E-state index in [2.05, 4.69) is 30.5 Å². The third-order valence-electron chi connectivity index (χ3n) is 4.69. The van der Waals surface area contributed by atoms with Crippen molar-refractivity contribution in [1.82, 2.24) is 4.57 Å². The first-order chi connectivity index (χ1) is 12.4. The zero-order valence-corrected chi connectivity index (χ0v) is 16.8. The summed E-state index contributed by atoms with van der Waals surface area (Å²) in [5, 5.41) is 5.93. The van der Waals surface area contributed by atoms with Crippen molar-refractivity contribution in [3.05, 3.63) is 59.0 Å². The number of benzene rings is 2. The van der Waals surface area contributed by atoms with Crippen LogP contribution >= 0.6 is 0 Å². The number of anilines is 1. The lowest BCUT2D eigenvalue weighted by Crippen LogP contribution is -2.23. The largest absolute Gasteiger partial charge is 0.326 e. The van der Waals surface area contributed by atoms with Gasteiger partial charge < -0.3 is 9.88 Å². The van der Waals surface area contributed by atoms with Gasteiger partial charge >= 0.3 is 0 Å². The minimum absolute atomic E-state index is 0.0158. The molecule has 0 bridgehead atoms. The van der Waals surface area contributed by atoms with Crippen LogP contribution in [0.3, 0.4) is 0 Å². The monoisotopic (exact) mass is 364 g/mol. The van der Waals surface area contributed by atoms with E-state index in [-0.39, 0.29) is 11.5 Å². The van der Waals surface area contributed by atoms with Crippen LogP contribution in [-0.2, 0) is 11.8 Å². The highest BCUT2D eigenvalue weighted by Crippen LogP contribution is 2.32. The average molecular weight is 365 g/mol. The highest BCUT2D eigenvalue weighted by molar-refractivity contribution is 6.70. The maximum Gasteiger partial charge on any atom is 0.258 e. The molecule has 1 heterocycles. The highest BCUT2D eigenvalue weighted by Gasteiger charge is 2.15. The van der Waals surface area contributed by atoms with Gasteiger partial charge in [-0.25, -0.2) is 0 Å². The van der Waals surface area contributed by atoms with E-state index in [0.29, 0.717) is 11.8 Å². The number of carbonyl (C=O) groups excluding carboxylic acids is 1. The Kier molecular flexibility index (Phi) is 5.09. The Bertz CT molecular complexity index is 1040. The molecule has 1 amide bonds. The number of aromatic nitrogens is 1. The Morgan fingerprint density at radius 1 is 1.08 bits per heavy atom. The SMILES string of the molecule is CCC(=O)Nc1ccc([SiH](C)C)cc1-c1cn(C)c(=O)c2ccccc12. The Hall–Kier alpha value is -2.66. The van der Waals surface area contributed by atoms with Crippen LogP contribution in [0.4, 0.5) is 5.69 Å². The Morgan fingerprint density at radius 3 is 2.42 bits per heavy atom. The van der Waals surface area contributed by atoms with Gasteiger partial charge in [-0.3, -0.25) is 9.59 Å². The van der Waals surface area contributed by atoms with Crippen molar-refractivity contribution in [3.8, 4) is 11.1 Å². The van der Waals surface area contributed by atoms with Crippen LogP contribution in [0, 0.1) is 0 Å². The number of aryl methyl sites for hydroxylation is 1. The first kappa shape index (κ1) is 18.1. The molecule has 0 saturated carbocycles. The van der Waals surface area contributed by atoms with Gasteiger partial charge in [-0.1, -0.05) is 55.5 Å². The fourth-order valence-electron chi connectivity index (χ4n) is 3.12. The lowest BCUT2D eigenvalue weighted by atomic mass is 9.99. The summed E-state index contributed by atoms with van der Waals surface area (Å²) < 4.78 is 1.61. The van der Waals surface area contributed by atoms with Crippen molar-refractivity contribution in [2.75, 3.05) is 5.32 Å². The molecule has 0 aliphatic rings. The number of pyridine rings is 1. The van der Waals surface area contributed by atoms with Crippen molar-refractivity contribution >= 4 is 36.4 Å². The molecule has 0 spiro atoms. The Labute approximate surface area is 155 Å². The predicted octanol–water partition coefficient (Wildman–Crippen LogP) is 3.25. The van der Waals surface area contributed by atoms with Gasteiger partial charge in [0.25, 0.3) is 5.56 Å². The van der Waals surface area contributed by atoms with E-state index in [0.717, 1.165) is 22.2 Å². The summed E-state index contributed by atoms with van der Waals surface area (Å²) >= 11 is 0. The molecule has 2 aromatic carbocycles. The maximum absolute atomic E-state index is 12.5. The van der Waals surface area contributed by atoms with E-state index in [4.69, 9.17) is 0 Å². The van der Waals surface area contributed by atoms with Gasteiger partial charge in [0.15, 0.2) is 0 Å². The first-order valence-corrected chi connectivity index (χ1v) is 11.8. The molecule has 0 atom stereocenters. The van der Waals surface area contributed by atoms with E-state index >= 15 is 0 Å². The second-order valence-corrected chi connectivity index (χ2v) is 9.84. The molecule has 0 aliphatic heterocycles. The van der Waals surface area contributed by atoms with Crippen molar-refractivity contribution in [1.29, 1.82) is 0 Å². The van der Waals surface area contributed by atoms with Crippen molar-refractivity contribution in [2.24, 2.45) is 7.05 Å². The standard InChI is InChI=1S/C21H24N2O2Si/c1-5-20(24)22-19-11-10-14(26(3)4)12-17(19)18-13-23(2)21(25)16-9-7-6-8-15(16)18/h6-13,26H,5H2,1-4H3,(H,22,24). The average Bonchev–Trinajstić information content (AvgIpc) is 2.65. The third-order valence-corrected chi connectivity index (χ3v) is 6.38. The van der Waals surface area contributed by atoms with Crippen LogP contribution in [0.1, 0.15) is 13.3 Å². The van der Waals surface area contributed by atoms with Crippen molar-refractivity contribution in [2.45, 2.75) is 26.4 Å². The zero-order valence-electron chi connectivity index (χ0n) is 15.7. The molecule has 0 saturated heterocycles. The molecule has 0 aliphatic carbocycles. The summed E-state index contributed by atoms with van der Waals surface area (Å²) in [6.07, 6.45) is 2.29. The number of hydrogen-bond acceptors (Lipinski definition) is 2. The van der Waals surface area contributed by atoms with Gasteiger partial charge in [-0.2, -0.15) is 0 Å². The normalized spacial score (nSPS) is 11.1. The second-order valence-electron chi connectivity index (χ2n) is 6.87. The summed E-state index contributed by atoms with van der Waals surface area (Å²) in [4.78, 5) is 24.5. The van der Waals surface area contributed by atoms with Gasteiger partial charge in [0.05, 0.1) is 8.80 Å². The van der Waals surface area contributed by atoms with Gasteiger partial charge in [-0.05, 0) is 17.5 Å². The molecule has 0 fully saturated rings. The van der Waals surface area contributed by atoms with Crippen LogP contribution in [0.5, 0.6) is 0 Å².